The smallest absolute Gasteiger partial charge is 0.319 e. The highest BCUT2D eigenvalue weighted by atomic mass is 16.2. The van der Waals surface area contributed by atoms with Crippen molar-refractivity contribution in [1.82, 2.24) is 10.2 Å². The average Bonchev–Trinajstić information content (AvgIpc) is 2.83. The fraction of sp³-hybridized carbons (Fsp3) is 0.481. The van der Waals surface area contributed by atoms with Crippen LogP contribution >= 0.6 is 0 Å². The molecule has 2 aromatic carbocycles. The number of rotatable bonds is 12. The number of unbranched alkanes of at least 4 members (excludes halogenated alkanes) is 6. The lowest BCUT2D eigenvalue weighted by atomic mass is 10.0. The Kier molecular flexibility index (Phi) is 10.3. The van der Waals surface area contributed by atoms with E-state index in [1.54, 1.807) is 0 Å². The van der Waals surface area contributed by atoms with Crippen molar-refractivity contribution >= 4 is 18.0 Å². The molecule has 3 rings (SSSR count). The number of piperidine rings is 1. The van der Waals surface area contributed by atoms with Crippen LogP contribution in [0, 0.1) is 0 Å². The number of likely N-dealkylation sites (tertiary alicyclic amines) is 1. The summed E-state index contributed by atoms with van der Waals surface area (Å²) >= 11 is 0. The number of anilines is 1. The van der Waals surface area contributed by atoms with Gasteiger partial charge in [0.2, 0.25) is 0 Å². The van der Waals surface area contributed by atoms with Crippen LogP contribution in [0.1, 0.15) is 57.8 Å². The molecule has 1 saturated heterocycles. The van der Waals surface area contributed by atoms with Crippen LogP contribution in [0.2, 0.25) is 0 Å². The van der Waals surface area contributed by atoms with Gasteiger partial charge in [0.05, 0.1) is 5.69 Å². The molecule has 0 bridgehead atoms. The number of urea groups is 1. The molecule has 32 heavy (non-hydrogen) atoms. The Morgan fingerprint density at radius 1 is 0.875 bits per heavy atom. The third kappa shape index (κ3) is 8.12. The standard InChI is InChI=1S/C27H37N3O2/c31-22-12-5-3-1-2-4-11-19-30-20-17-24(18-21-30)28-27(32)29-26-16-10-9-15-25(26)23-13-7-6-8-14-23/h6-10,13-16,22,24H,1-5,11-12,17-21H2,(H2,28,29,32). The van der Waals surface area contributed by atoms with Gasteiger partial charge in [0.25, 0.3) is 0 Å². The fourth-order valence-electron chi connectivity index (χ4n) is 4.38. The number of hydrogen-bond donors (Lipinski definition) is 2. The Morgan fingerprint density at radius 2 is 1.53 bits per heavy atom. The zero-order chi connectivity index (χ0) is 22.4. The lowest BCUT2D eigenvalue weighted by molar-refractivity contribution is -0.107. The molecule has 0 unspecified atom stereocenters. The van der Waals surface area contributed by atoms with Gasteiger partial charge in [-0.3, -0.25) is 0 Å². The summed E-state index contributed by atoms with van der Waals surface area (Å²) in [6.45, 7) is 3.24. The van der Waals surface area contributed by atoms with Gasteiger partial charge in [-0.15, -0.1) is 0 Å². The first kappa shape index (κ1) is 24.0. The second kappa shape index (κ2) is 13.7. The third-order valence-electron chi connectivity index (χ3n) is 6.23. The Balaban J connectivity index is 1.34. The molecule has 0 spiro atoms. The van der Waals surface area contributed by atoms with Gasteiger partial charge in [-0.1, -0.05) is 74.2 Å². The van der Waals surface area contributed by atoms with Crippen molar-refractivity contribution in [2.45, 2.75) is 63.8 Å². The van der Waals surface area contributed by atoms with Gasteiger partial charge in [-0.25, -0.2) is 4.79 Å². The topological polar surface area (TPSA) is 61.4 Å². The van der Waals surface area contributed by atoms with Gasteiger partial charge in [0, 0.05) is 31.1 Å². The molecule has 1 aliphatic rings. The van der Waals surface area contributed by atoms with Crippen LogP contribution in [-0.4, -0.2) is 42.9 Å². The van der Waals surface area contributed by atoms with E-state index in [-0.39, 0.29) is 12.1 Å². The fourth-order valence-corrected chi connectivity index (χ4v) is 4.38. The van der Waals surface area contributed by atoms with Crippen LogP contribution in [0.3, 0.4) is 0 Å². The summed E-state index contributed by atoms with van der Waals surface area (Å²) < 4.78 is 0. The highest BCUT2D eigenvalue weighted by Gasteiger charge is 2.20. The molecule has 1 fully saturated rings. The lowest BCUT2D eigenvalue weighted by Crippen LogP contribution is -2.46. The van der Waals surface area contributed by atoms with Crippen LogP contribution in [-0.2, 0) is 4.79 Å². The number of nitrogens with zero attached hydrogens (tertiary/aromatic N) is 1. The van der Waals surface area contributed by atoms with E-state index in [1.807, 2.05) is 42.5 Å². The predicted octanol–water partition coefficient (Wildman–Crippen LogP) is 5.87. The van der Waals surface area contributed by atoms with E-state index in [9.17, 15) is 9.59 Å². The molecule has 0 saturated carbocycles. The van der Waals surface area contributed by atoms with Gasteiger partial charge >= 0.3 is 6.03 Å². The SMILES string of the molecule is O=CCCCCCCCCN1CCC(NC(=O)Nc2ccccc2-c2ccccc2)CC1. The molecule has 1 heterocycles. The number of carbonyl (C=O) groups is 2. The van der Waals surface area contributed by atoms with Crippen LogP contribution in [0.4, 0.5) is 10.5 Å². The van der Waals surface area contributed by atoms with Gasteiger partial charge in [0.15, 0.2) is 0 Å². The number of hydrogen-bond acceptors (Lipinski definition) is 3. The number of carbonyl (C=O) groups excluding carboxylic acids is 2. The first-order valence-electron chi connectivity index (χ1n) is 12.1. The molecule has 0 radical (unpaired) electrons. The normalized spacial score (nSPS) is 14.8. The predicted molar refractivity (Wildman–Crippen MR) is 132 cm³/mol. The van der Waals surface area contributed by atoms with E-state index in [0.717, 1.165) is 62.0 Å². The Bertz CT molecular complexity index is 817. The monoisotopic (exact) mass is 435 g/mol. The number of para-hydroxylation sites is 1. The van der Waals surface area contributed by atoms with Crippen molar-refractivity contribution in [2.75, 3.05) is 25.0 Å². The highest BCUT2D eigenvalue weighted by Crippen LogP contribution is 2.27. The first-order valence-corrected chi connectivity index (χ1v) is 12.1. The minimum Gasteiger partial charge on any atom is -0.335 e. The van der Waals surface area contributed by atoms with Crippen molar-refractivity contribution < 1.29 is 9.59 Å². The van der Waals surface area contributed by atoms with Gasteiger partial charge < -0.3 is 20.3 Å². The van der Waals surface area contributed by atoms with E-state index < -0.39 is 0 Å². The average molecular weight is 436 g/mol. The minimum atomic E-state index is -0.124. The molecule has 172 valence electrons. The molecular formula is C27H37N3O2. The van der Waals surface area contributed by atoms with E-state index in [2.05, 4.69) is 27.7 Å². The molecule has 5 nitrogen and oxygen atoms in total. The molecule has 2 N–H and O–H groups in total. The van der Waals surface area contributed by atoms with Crippen molar-refractivity contribution in [2.24, 2.45) is 0 Å². The Hall–Kier alpha value is -2.66. The second-order valence-corrected chi connectivity index (χ2v) is 8.70. The summed E-state index contributed by atoms with van der Waals surface area (Å²) in [6, 6.07) is 18.2. The summed E-state index contributed by atoms with van der Waals surface area (Å²) in [5, 5.41) is 6.22. The molecule has 5 heteroatoms. The molecule has 0 aliphatic carbocycles. The first-order chi connectivity index (χ1) is 15.8. The van der Waals surface area contributed by atoms with Crippen molar-refractivity contribution in [3.63, 3.8) is 0 Å². The van der Waals surface area contributed by atoms with Crippen molar-refractivity contribution in [3.8, 4) is 11.1 Å². The summed E-state index contributed by atoms with van der Waals surface area (Å²) in [4.78, 5) is 25.5. The summed E-state index contributed by atoms with van der Waals surface area (Å²) in [5.41, 5.74) is 2.96. The lowest BCUT2D eigenvalue weighted by Gasteiger charge is -2.32. The summed E-state index contributed by atoms with van der Waals surface area (Å²) in [6.07, 6.45) is 10.9. The highest BCUT2D eigenvalue weighted by molar-refractivity contribution is 5.94. The Morgan fingerprint density at radius 3 is 2.28 bits per heavy atom. The van der Waals surface area contributed by atoms with Gasteiger partial charge in [0.1, 0.15) is 6.29 Å². The van der Waals surface area contributed by atoms with Crippen LogP contribution in [0.25, 0.3) is 11.1 Å². The van der Waals surface area contributed by atoms with E-state index in [0.29, 0.717) is 6.42 Å². The third-order valence-corrected chi connectivity index (χ3v) is 6.23. The van der Waals surface area contributed by atoms with Crippen LogP contribution in [0.5, 0.6) is 0 Å². The second-order valence-electron chi connectivity index (χ2n) is 8.70. The van der Waals surface area contributed by atoms with Crippen LogP contribution < -0.4 is 10.6 Å². The molecular weight excluding hydrogens is 398 g/mol. The zero-order valence-electron chi connectivity index (χ0n) is 19.1. The molecule has 2 amide bonds. The van der Waals surface area contributed by atoms with E-state index >= 15 is 0 Å². The quantitative estimate of drug-likeness (QED) is 0.324. The van der Waals surface area contributed by atoms with Crippen LogP contribution in [0.15, 0.2) is 54.6 Å². The molecule has 1 aliphatic heterocycles. The van der Waals surface area contributed by atoms with Crippen molar-refractivity contribution in [3.05, 3.63) is 54.6 Å². The summed E-state index contributed by atoms with van der Waals surface area (Å²) in [5.74, 6) is 0. The maximum Gasteiger partial charge on any atom is 0.319 e. The number of amides is 2. The number of aldehydes is 1. The van der Waals surface area contributed by atoms with Crippen molar-refractivity contribution in [1.29, 1.82) is 0 Å². The number of nitrogens with one attached hydrogen (secondary N) is 2. The maximum absolute atomic E-state index is 12.6. The maximum atomic E-state index is 12.6. The molecule has 0 atom stereocenters. The minimum absolute atomic E-state index is 0.124. The molecule has 0 aromatic heterocycles. The van der Waals surface area contributed by atoms with Gasteiger partial charge in [-0.2, -0.15) is 0 Å². The zero-order valence-corrected chi connectivity index (χ0v) is 19.1. The largest absolute Gasteiger partial charge is 0.335 e. The van der Waals surface area contributed by atoms with E-state index in [4.69, 9.17) is 0 Å². The molecule has 2 aromatic rings. The van der Waals surface area contributed by atoms with E-state index in [1.165, 1.54) is 32.1 Å². The van der Waals surface area contributed by atoms with Gasteiger partial charge in [-0.05, 0) is 43.9 Å². The summed E-state index contributed by atoms with van der Waals surface area (Å²) in [7, 11) is 0. The Labute approximate surface area is 192 Å². The number of benzene rings is 2.